The van der Waals surface area contributed by atoms with Crippen molar-refractivity contribution in [3.8, 4) is 11.5 Å². The molecule has 0 amide bonds. The van der Waals surface area contributed by atoms with Gasteiger partial charge in [-0.1, -0.05) is 18.2 Å². The molecule has 1 heterocycles. The third-order valence-corrected chi connectivity index (χ3v) is 2.40. The third-order valence-electron chi connectivity index (χ3n) is 2.40. The molecule has 0 fully saturated rings. The molecule has 0 atom stereocenters. The molecular weight excluding hydrogens is 216 g/mol. The Morgan fingerprint density at radius 3 is 2.71 bits per heavy atom. The number of hydrogen-bond donors (Lipinski definition) is 1. The maximum Gasteiger partial charge on any atom is 0.247 e. The van der Waals surface area contributed by atoms with Crippen molar-refractivity contribution >= 4 is 0 Å². The molecule has 5 heteroatoms. The summed E-state index contributed by atoms with van der Waals surface area (Å²) >= 11 is 0. The van der Waals surface area contributed by atoms with E-state index in [1.165, 1.54) is 0 Å². The van der Waals surface area contributed by atoms with Crippen molar-refractivity contribution in [1.29, 1.82) is 0 Å². The smallest absolute Gasteiger partial charge is 0.247 e. The summed E-state index contributed by atoms with van der Waals surface area (Å²) in [5.74, 6) is 1.17. The van der Waals surface area contributed by atoms with Gasteiger partial charge in [-0.15, -0.1) is 10.2 Å². The zero-order valence-electron chi connectivity index (χ0n) is 9.84. The van der Waals surface area contributed by atoms with Gasteiger partial charge in [-0.2, -0.15) is 0 Å². The fraction of sp³-hybridized carbons (Fsp3) is 0.333. The first-order valence-electron chi connectivity index (χ1n) is 5.56. The van der Waals surface area contributed by atoms with Crippen molar-refractivity contribution in [2.45, 2.75) is 6.54 Å². The standard InChI is InChI=1S/C12H16N4O/c1-16(8-7-13)9-11-14-15-12(17-11)10-5-3-2-4-6-10/h2-6H,7-9,13H2,1H3. The van der Waals surface area contributed by atoms with Gasteiger partial charge in [0.25, 0.3) is 0 Å². The second-order valence-electron chi connectivity index (χ2n) is 3.89. The van der Waals surface area contributed by atoms with Crippen LogP contribution >= 0.6 is 0 Å². The first-order chi connectivity index (χ1) is 8.29. The van der Waals surface area contributed by atoms with Crippen LogP contribution < -0.4 is 5.73 Å². The molecule has 0 aliphatic heterocycles. The highest BCUT2D eigenvalue weighted by atomic mass is 16.4. The third kappa shape index (κ3) is 3.12. The molecule has 17 heavy (non-hydrogen) atoms. The SMILES string of the molecule is CN(CCN)Cc1nnc(-c2ccccc2)o1. The van der Waals surface area contributed by atoms with Gasteiger partial charge in [-0.05, 0) is 19.2 Å². The summed E-state index contributed by atoms with van der Waals surface area (Å²) in [7, 11) is 1.97. The van der Waals surface area contributed by atoms with Crippen LogP contribution in [0.5, 0.6) is 0 Å². The molecule has 2 rings (SSSR count). The van der Waals surface area contributed by atoms with Gasteiger partial charge < -0.3 is 10.2 Å². The van der Waals surface area contributed by atoms with Crippen LogP contribution in [-0.4, -0.2) is 35.2 Å². The lowest BCUT2D eigenvalue weighted by atomic mass is 10.2. The van der Waals surface area contributed by atoms with Gasteiger partial charge in [0.1, 0.15) is 0 Å². The van der Waals surface area contributed by atoms with Crippen molar-refractivity contribution in [2.75, 3.05) is 20.1 Å². The van der Waals surface area contributed by atoms with Crippen LogP contribution in [0.3, 0.4) is 0 Å². The van der Waals surface area contributed by atoms with E-state index in [-0.39, 0.29) is 0 Å². The second-order valence-corrected chi connectivity index (χ2v) is 3.89. The van der Waals surface area contributed by atoms with Crippen molar-refractivity contribution in [2.24, 2.45) is 5.73 Å². The van der Waals surface area contributed by atoms with Crippen LogP contribution in [0.25, 0.3) is 11.5 Å². The van der Waals surface area contributed by atoms with Crippen molar-refractivity contribution < 1.29 is 4.42 Å². The van der Waals surface area contributed by atoms with Crippen molar-refractivity contribution in [3.63, 3.8) is 0 Å². The fourth-order valence-electron chi connectivity index (χ4n) is 1.55. The Hall–Kier alpha value is -1.72. The summed E-state index contributed by atoms with van der Waals surface area (Å²) in [6, 6.07) is 9.73. The summed E-state index contributed by atoms with van der Waals surface area (Å²) < 4.78 is 5.58. The highest BCUT2D eigenvalue weighted by Crippen LogP contribution is 2.17. The minimum Gasteiger partial charge on any atom is -0.419 e. The quantitative estimate of drug-likeness (QED) is 0.836. The predicted octanol–water partition coefficient (Wildman–Crippen LogP) is 1.13. The molecule has 0 spiro atoms. The monoisotopic (exact) mass is 232 g/mol. The maximum atomic E-state index is 5.58. The highest BCUT2D eigenvalue weighted by Gasteiger charge is 2.09. The molecule has 5 nitrogen and oxygen atoms in total. The van der Waals surface area contributed by atoms with Gasteiger partial charge in [0.15, 0.2) is 0 Å². The Kier molecular flexibility index (Phi) is 3.85. The van der Waals surface area contributed by atoms with E-state index in [0.29, 0.717) is 24.9 Å². The topological polar surface area (TPSA) is 68.2 Å². The molecular formula is C12H16N4O. The molecule has 1 aromatic heterocycles. The van der Waals surface area contributed by atoms with E-state index in [4.69, 9.17) is 10.2 Å². The Morgan fingerprint density at radius 2 is 2.00 bits per heavy atom. The molecule has 0 bridgehead atoms. The lowest BCUT2D eigenvalue weighted by molar-refractivity contribution is 0.297. The number of aromatic nitrogens is 2. The number of rotatable bonds is 5. The van der Waals surface area contributed by atoms with Crippen molar-refractivity contribution in [1.82, 2.24) is 15.1 Å². The van der Waals surface area contributed by atoms with E-state index in [9.17, 15) is 0 Å². The summed E-state index contributed by atoms with van der Waals surface area (Å²) in [6.07, 6.45) is 0. The maximum absolute atomic E-state index is 5.58. The summed E-state index contributed by atoms with van der Waals surface area (Å²) in [5, 5.41) is 8.04. The molecule has 0 saturated heterocycles. The first kappa shape index (κ1) is 11.8. The Morgan fingerprint density at radius 1 is 1.24 bits per heavy atom. The average molecular weight is 232 g/mol. The first-order valence-corrected chi connectivity index (χ1v) is 5.56. The fourth-order valence-corrected chi connectivity index (χ4v) is 1.55. The number of likely N-dealkylation sites (N-methyl/N-ethyl adjacent to an activating group) is 1. The Bertz CT molecular complexity index is 455. The Labute approximate surface area is 100 Å². The van der Waals surface area contributed by atoms with E-state index < -0.39 is 0 Å². The van der Waals surface area contributed by atoms with Crippen LogP contribution in [0.1, 0.15) is 5.89 Å². The highest BCUT2D eigenvalue weighted by molar-refractivity contribution is 5.51. The molecule has 0 saturated carbocycles. The van der Waals surface area contributed by atoms with E-state index in [1.54, 1.807) is 0 Å². The molecule has 0 unspecified atom stereocenters. The number of nitrogens with zero attached hydrogens (tertiary/aromatic N) is 3. The molecule has 2 N–H and O–H groups in total. The molecule has 1 aromatic carbocycles. The molecule has 90 valence electrons. The second kappa shape index (κ2) is 5.56. The zero-order valence-corrected chi connectivity index (χ0v) is 9.84. The van der Waals surface area contributed by atoms with Gasteiger partial charge in [0.05, 0.1) is 6.54 Å². The van der Waals surface area contributed by atoms with Crippen LogP contribution in [0.2, 0.25) is 0 Å². The minimum absolute atomic E-state index is 0.557. The van der Waals surface area contributed by atoms with E-state index in [0.717, 1.165) is 12.1 Å². The van der Waals surface area contributed by atoms with Gasteiger partial charge in [-0.3, -0.25) is 4.90 Å². The molecule has 0 aliphatic carbocycles. The summed E-state index contributed by atoms with van der Waals surface area (Å²) in [5.41, 5.74) is 6.41. The van der Waals surface area contributed by atoms with Crippen LogP contribution in [0.4, 0.5) is 0 Å². The molecule has 2 aromatic rings. The van der Waals surface area contributed by atoms with E-state index in [1.807, 2.05) is 42.3 Å². The van der Waals surface area contributed by atoms with Crippen molar-refractivity contribution in [3.05, 3.63) is 36.2 Å². The van der Waals surface area contributed by atoms with E-state index in [2.05, 4.69) is 10.2 Å². The molecule has 0 radical (unpaired) electrons. The van der Waals surface area contributed by atoms with Gasteiger partial charge in [-0.25, -0.2) is 0 Å². The lowest BCUT2D eigenvalue weighted by Crippen LogP contribution is -2.25. The molecule has 0 aliphatic rings. The largest absolute Gasteiger partial charge is 0.419 e. The number of benzene rings is 1. The van der Waals surface area contributed by atoms with Gasteiger partial charge in [0, 0.05) is 18.7 Å². The van der Waals surface area contributed by atoms with Gasteiger partial charge in [0.2, 0.25) is 11.8 Å². The average Bonchev–Trinajstić information content (AvgIpc) is 2.79. The minimum atomic E-state index is 0.557. The zero-order chi connectivity index (χ0) is 12.1. The normalized spacial score (nSPS) is 11.0. The summed E-state index contributed by atoms with van der Waals surface area (Å²) in [4.78, 5) is 2.04. The Balaban J connectivity index is 2.06. The van der Waals surface area contributed by atoms with Gasteiger partial charge >= 0.3 is 0 Å². The van der Waals surface area contributed by atoms with E-state index >= 15 is 0 Å². The predicted molar refractivity (Wildman–Crippen MR) is 65.1 cm³/mol. The number of hydrogen-bond acceptors (Lipinski definition) is 5. The summed E-state index contributed by atoms with van der Waals surface area (Å²) in [6.45, 7) is 2.05. The van der Waals surface area contributed by atoms with Crippen LogP contribution in [-0.2, 0) is 6.54 Å². The van der Waals surface area contributed by atoms with Crippen LogP contribution in [0, 0.1) is 0 Å². The lowest BCUT2D eigenvalue weighted by Gasteiger charge is -2.11. The number of nitrogens with two attached hydrogens (primary N) is 1. The van der Waals surface area contributed by atoms with Crippen LogP contribution in [0.15, 0.2) is 34.7 Å².